The van der Waals surface area contributed by atoms with Gasteiger partial charge in [-0.3, -0.25) is 4.79 Å². The zero-order valence-corrected chi connectivity index (χ0v) is 11.8. The molecule has 1 aliphatic rings. The quantitative estimate of drug-likeness (QED) is 0.634. The Hall–Kier alpha value is -2.28. The van der Waals surface area contributed by atoms with Gasteiger partial charge in [-0.25, -0.2) is 4.79 Å². The summed E-state index contributed by atoms with van der Waals surface area (Å²) in [6.07, 6.45) is 0. The summed E-state index contributed by atoms with van der Waals surface area (Å²) in [5, 5.41) is 0. The highest BCUT2D eigenvalue weighted by atomic mass is 16.5. The molecule has 1 aliphatic heterocycles. The molecule has 1 saturated heterocycles. The number of para-hydroxylation sites is 1. The molecule has 21 heavy (non-hydrogen) atoms. The van der Waals surface area contributed by atoms with Gasteiger partial charge in [0, 0.05) is 13.1 Å². The molecule has 1 aromatic carbocycles. The van der Waals surface area contributed by atoms with E-state index in [-0.39, 0.29) is 23.8 Å². The average Bonchev–Trinajstić information content (AvgIpc) is 2.53. The van der Waals surface area contributed by atoms with Crippen LogP contribution < -0.4 is 10.5 Å². The molecule has 1 fully saturated rings. The van der Waals surface area contributed by atoms with Crippen LogP contribution in [-0.2, 0) is 14.3 Å². The van der Waals surface area contributed by atoms with Gasteiger partial charge >= 0.3 is 5.97 Å². The largest absolute Gasteiger partial charge is 0.495 e. The summed E-state index contributed by atoms with van der Waals surface area (Å²) in [6.45, 7) is 1.72. The van der Waals surface area contributed by atoms with Crippen molar-refractivity contribution in [3.63, 3.8) is 0 Å². The number of nitrogen functional groups attached to an aromatic ring is 1. The number of morpholine rings is 1. The van der Waals surface area contributed by atoms with Gasteiger partial charge in [0.1, 0.15) is 5.75 Å². The molecule has 0 bridgehead atoms. The van der Waals surface area contributed by atoms with E-state index in [2.05, 4.69) is 0 Å². The second-order valence-corrected chi connectivity index (χ2v) is 4.49. The minimum absolute atomic E-state index is 0.184. The molecule has 0 unspecified atom stereocenters. The predicted molar refractivity (Wildman–Crippen MR) is 75.1 cm³/mol. The third-order valence-electron chi connectivity index (χ3n) is 3.20. The number of carbonyl (C=O) groups excluding carboxylic acids is 2. The van der Waals surface area contributed by atoms with Crippen LogP contribution in [-0.4, -0.2) is 56.8 Å². The highest BCUT2D eigenvalue weighted by molar-refractivity contribution is 5.97. The Morgan fingerprint density at radius 3 is 2.71 bits per heavy atom. The zero-order chi connectivity index (χ0) is 15.2. The van der Waals surface area contributed by atoms with Gasteiger partial charge in [0.2, 0.25) is 0 Å². The van der Waals surface area contributed by atoms with Crippen molar-refractivity contribution in [3.8, 4) is 5.75 Å². The number of nitrogens with two attached hydrogens (primary N) is 1. The maximum atomic E-state index is 12.0. The Morgan fingerprint density at radius 1 is 1.33 bits per heavy atom. The molecule has 7 nitrogen and oxygen atoms in total. The van der Waals surface area contributed by atoms with Gasteiger partial charge in [0.25, 0.3) is 5.91 Å². The van der Waals surface area contributed by atoms with Crippen LogP contribution in [0.3, 0.4) is 0 Å². The van der Waals surface area contributed by atoms with Gasteiger partial charge in [-0.2, -0.15) is 0 Å². The molecule has 2 rings (SSSR count). The van der Waals surface area contributed by atoms with Gasteiger partial charge in [-0.1, -0.05) is 6.07 Å². The van der Waals surface area contributed by atoms with Crippen molar-refractivity contribution in [2.75, 3.05) is 45.8 Å². The standard InChI is InChI=1S/C14H18N2O5/c1-19-11-4-2-3-10(13(11)15)14(18)21-9-12(17)16-5-7-20-8-6-16/h2-4H,5-9,15H2,1H3. The van der Waals surface area contributed by atoms with Gasteiger partial charge in [0.05, 0.1) is 31.6 Å². The van der Waals surface area contributed by atoms with Crippen LogP contribution in [0.4, 0.5) is 5.69 Å². The number of rotatable bonds is 4. The summed E-state index contributed by atoms with van der Waals surface area (Å²) in [5.74, 6) is -0.495. The molecule has 0 saturated carbocycles. The number of carbonyl (C=O) groups is 2. The van der Waals surface area contributed by atoms with Crippen LogP contribution in [0.5, 0.6) is 5.75 Å². The van der Waals surface area contributed by atoms with Crippen molar-refractivity contribution in [1.29, 1.82) is 0 Å². The van der Waals surface area contributed by atoms with E-state index >= 15 is 0 Å². The summed E-state index contributed by atoms with van der Waals surface area (Å²) >= 11 is 0. The van der Waals surface area contributed by atoms with Gasteiger partial charge in [-0.05, 0) is 12.1 Å². The van der Waals surface area contributed by atoms with Crippen LogP contribution >= 0.6 is 0 Å². The summed E-state index contributed by atoms with van der Waals surface area (Å²) < 4.78 is 15.2. The van der Waals surface area contributed by atoms with E-state index in [4.69, 9.17) is 19.9 Å². The lowest BCUT2D eigenvalue weighted by Crippen LogP contribution is -2.42. The molecule has 1 aromatic rings. The molecule has 0 aromatic heterocycles. The molecule has 114 valence electrons. The van der Waals surface area contributed by atoms with Crippen molar-refractivity contribution in [2.24, 2.45) is 0 Å². The second kappa shape index (κ2) is 6.94. The Labute approximate surface area is 122 Å². The van der Waals surface area contributed by atoms with Crippen molar-refractivity contribution in [1.82, 2.24) is 4.90 Å². The summed E-state index contributed by atoms with van der Waals surface area (Å²) in [6, 6.07) is 4.81. The Balaban J connectivity index is 1.94. The molecule has 1 heterocycles. The maximum absolute atomic E-state index is 12.0. The smallest absolute Gasteiger partial charge is 0.340 e. The molecule has 7 heteroatoms. The van der Waals surface area contributed by atoms with Gasteiger partial charge in [0.15, 0.2) is 6.61 Å². The SMILES string of the molecule is COc1cccc(C(=O)OCC(=O)N2CCOCC2)c1N. The molecule has 0 atom stereocenters. The molecule has 0 aliphatic carbocycles. The molecule has 0 spiro atoms. The van der Waals surface area contributed by atoms with Gasteiger partial charge in [-0.15, -0.1) is 0 Å². The summed E-state index contributed by atoms with van der Waals surface area (Å²) in [7, 11) is 1.46. The lowest BCUT2D eigenvalue weighted by atomic mass is 10.1. The summed E-state index contributed by atoms with van der Waals surface area (Å²) in [5.41, 5.74) is 6.19. The van der Waals surface area contributed by atoms with E-state index in [0.29, 0.717) is 32.1 Å². The van der Waals surface area contributed by atoms with E-state index in [1.807, 2.05) is 0 Å². The summed E-state index contributed by atoms with van der Waals surface area (Å²) in [4.78, 5) is 25.4. The van der Waals surface area contributed by atoms with Crippen molar-refractivity contribution >= 4 is 17.6 Å². The van der Waals surface area contributed by atoms with Crippen LogP contribution in [0.25, 0.3) is 0 Å². The van der Waals surface area contributed by atoms with Crippen LogP contribution in [0.15, 0.2) is 18.2 Å². The average molecular weight is 294 g/mol. The lowest BCUT2D eigenvalue weighted by Gasteiger charge is -2.26. The number of hydrogen-bond donors (Lipinski definition) is 1. The first-order valence-corrected chi connectivity index (χ1v) is 6.58. The zero-order valence-electron chi connectivity index (χ0n) is 11.8. The normalized spacial score (nSPS) is 14.6. The molecular weight excluding hydrogens is 276 g/mol. The molecule has 2 N–H and O–H groups in total. The number of benzene rings is 1. The maximum Gasteiger partial charge on any atom is 0.340 e. The Morgan fingerprint density at radius 2 is 2.05 bits per heavy atom. The Kier molecular flexibility index (Phi) is 4.99. The highest BCUT2D eigenvalue weighted by Crippen LogP contribution is 2.25. The lowest BCUT2D eigenvalue weighted by molar-refractivity contribution is -0.138. The topological polar surface area (TPSA) is 91.1 Å². The fourth-order valence-electron chi connectivity index (χ4n) is 2.01. The van der Waals surface area contributed by atoms with Gasteiger partial charge < -0.3 is 24.8 Å². The number of hydrogen-bond acceptors (Lipinski definition) is 6. The Bertz CT molecular complexity index is 526. The third-order valence-corrected chi connectivity index (χ3v) is 3.20. The number of anilines is 1. The first-order valence-electron chi connectivity index (χ1n) is 6.58. The van der Waals surface area contributed by atoms with E-state index < -0.39 is 5.97 Å². The fourth-order valence-corrected chi connectivity index (χ4v) is 2.01. The second-order valence-electron chi connectivity index (χ2n) is 4.49. The highest BCUT2D eigenvalue weighted by Gasteiger charge is 2.20. The monoisotopic (exact) mass is 294 g/mol. The predicted octanol–water partition coefficient (Wildman–Crippen LogP) is 0.293. The van der Waals surface area contributed by atoms with Crippen LogP contribution in [0.2, 0.25) is 0 Å². The number of methoxy groups -OCH3 is 1. The van der Waals surface area contributed by atoms with Crippen molar-refractivity contribution in [2.45, 2.75) is 0 Å². The van der Waals surface area contributed by atoms with Crippen LogP contribution in [0, 0.1) is 0 Å². The molecule has 0 radical (unpaired) electrons. The van der Waals surface area contributed by atoms with E-state index in [0.717, 1.165) is 0 Å². The minimum Gasteiger partial charge on any atom is -0.495 e. The first kappa shape index (κ1) is 15.1. The number of esters is 1. The minimum atomic E-state index is -0.645. The first-order chi connectivity index (χ1) is 10.1. The third kappa shape index (κ3) is 3.63. The van der Waals surface area contributed by atoms with Crippen molar-refractivity contribution < 1.29 is 23.8 Å². The molecule has 1 amide bonds. The number of nitrogens with zero attached hydrogens (tertiary/aromatic N) is 1. The van der Waals surface area contributed by atoms with Crippen molar-refractivity contribution in [3.05, 3.63) is 23.8 Å². The number of ether oxygens (including phenoxy) is 3. The van der Waals surface area contributed by atoms with E-state index in [9.17, 15) is 9.59 Å². The number of amides is 1. The molecular formula is C14H18N2O5. The van der Waals surface area contributed by atoms with Crippen LogP contribution in [0.1, 0.15) is 10.4 Å². The fraction of sp³-hybridized carbons (Fsp3) is 0.429. The van der Waals surface area contributed by atoms with E-state index in [1.54, 1.807) is 17.0 Å². The van der Waals surface area contributed by atoms with E-state index in [1.165, 1.54) is 13.2 Å².